The van der Waals surface area contributed by atoms with E-state index in [1.54, 1.807) is 0 Å². The van der Waals surface area contributed by atoms with E-state index in [2.05, 4.69) is 4.90 Å². The van der Waals surface area contributed by atoms with E-state index in [9.17, 15) is 14.4 Å². The van der Waals surface area contributed by atoms with Gasteiger partial charge < -0.3 is 4.74 Å². The molecule has 1 unspecified atom stereocenters. The van der Waals surface area contributed by atoms with Gasteiger partial charge in [0.15, 0.2) is 0 Å². The summed E-state index contributed by atoms with van der Waals surface area (Å²) >= 11 is 0. The van der Waals surface area contributed by atoms with Crippen molar-refractivity contribution in [2.75, 3.05) is 20.2 Å². The van der Waals surface area contributed by atoms with Crippen molar-refractivity contribution in [3.05, 3.63) is 0 Å². The van der Waals surface area contributed by atoms with Gasteiger partial charge in [0, 0.05) is 11.8 Å². The quantitative estimate of drug-likeness (QED) is 0.512. The number of nitrogens with zero attached hydrogens (tertiary/aromatic N) is 1. The summed E-state index contributed by atoms with van der Waals surface area (Å²) in [6.45, 7) is 1.56. The molecule has 104 valence electrons. The number of hydrogen-bond donors (Lipinski definition) is 0. The van der Waals surface area contributed by atoms with Crippen LogP contribution in [-0.4, -0.2) is 48.2 Å². The molecule has 0 aromatic carbocycles. The maximum atomic E-state index is 12.5. The minimum absolute atomic E-state index is 0.00190. The third-order valence-electron chi connectivity index (χ3n) is 5.07. The molecule has 3 fully saturated rings. The lowest BCUT2D eigenvalue weighted by Gasteiger charge is -2.57. The predicted molar refractivity (Wildman–Crippen MR) is 66.4 cm³/mol. The van der Waals surface area contributed by atoms with Gasteiger partial charge in [-0.25, -0.2) is 0 Å². The summed E-state index contributed by atoms with van der Waals surface area (Å²) in [5, 5.41) is 0. The van der Waals surface area contributed by atoms with E-state index in [1.165, 1.54) is 7.11 Å². The monoisotopic (exact) mass is 265 g/mol. The van der Waals surface area contributed by atoms with Crippen LogP contribution in [0.4, 0.5) is 0 Å². The normalized spacial score (nSPS) is 38.8. The van der Waals surface area contributed by atoms with Crippen molar-refractivity contribution in [1.29, 1.82) is 0 Å². The summed E-state index contributed by atoms with van der Waals surface area (Å²) in [6.07, 6.45) is 3.23. The lowest BCUT2D eigenvalue weighted by atomic mass is 9.58. The Morgan fingerprint density at radius 3 is 2.16 bits per heavy atom. The number of ether oxygens (including phenoxy) is 1. The van der Waals surface area contributed by atoms with Crippen molar-refractivity contribution in [1.82, 2.24) is 4.90 Å². The molecule has 0 radical (unpaired) electrons. The van der Waals surface area contributed by atoms with Gasteiger partial charge in [0.05, 0.1) is 13.5 Å². The van der Waals surface area contributed by atoms with Crippen molar-refractivity contribution in [2.24, 2.45) is 11.8 Å². The van der Waals surface area contributed by atoms with Crippen molar-refractivity contribution in [3.8, 4) is 0 Å². The van der Waals surface area contributed by atoms with Gasteiger partial charge in [0.1, 0.15) is 17.1 Å². The van der Waals surface area contributed by atoms with Gasteiger partial charge in [-0.05, 0) is 38.8 Å². The van der Waals surface area contributed by atoms with Crippen molar-refractivity contribution >= 4 is 17.5 Å². The van der Waals surface area contributed by atoms with Crippen molar-refractivity contribution in [3.63, 3.8) is 0 Å². The fourth-order valence-electron chi connectivity index (χ4n) is 4.39. The molecule has 3 atom stereocenters. The second kappa shape index (κ2) is 4.40. The lowest BCUT2D eigenvalue weighted by Crippen LogP contribution is -2.73. The van der Waals surface area contributed by atoms with E-state index in [0.29, 0.717) is 12.8 Å². The highest BCUT2D eigenvalue weighted by Crippen LogP contribution is 2.49. The molecular weight excluding hydrogens is 246 g/mol. The highest BCUT2D eigenvalue weighted by atomic mass is 16.5. The topological polar surface area (TPSA) is 63.7 Å². The van der Waals surface area contributed by atoms with Gasteiger partial charge >= 0.3 is 5.97 Å². The third-order valence-corrected chi connectivity index (χ3v) is 5.07. The molecule has 0 aromatic heterocycles. The zero-order valence-electron chi connectivity index (χ0n) is 11.2. The lowest BCUT2D eigenvalue weighted by molar-refractivity contribution is -0.185. The van der Waals surface area contributed by atoms with Crippen LogP contribution in [0.25, 0.3) is 0 Å². The molecule has 1 aliphatic carbocycles. The first-order valence-corrected chi connectivity index (χ1v) is 7.01. The average molecular weight is 265 g/mol. The number of carbonyl (C=O) groups excluding carboxylic acids is 3. The van der Waals surface area contributed by atoms with E-state index in [4.69, 9.17) is 4.74 Å². The van der Waals surface area contributed by atoms with Gasteiger partial charge in [-0.15, -0.1) is 0 Å². The molecule has 19 heavy (non-hydrogen) atoms. The number of esters is 1. The van der Waals surface area contributed by atoms with Crippen LogP contribution in [0.5, 0.6) is 0 Å². The second-order valence-electron chi connectivity index (χ2n) is 5.80. The number of piperidine rings is 2. The Bertz CT molecular complexity index is 417. The Balaban J connectivity index is 2.14. The minimum atomic E-state index is -0.988. The molecule has 1 saturated carbocycles. The number of ketones is 2. The van der Waals surface area contributed by atoms with Gasteiger partial charge in [0.2, 0.25) is 0 Å². The molecule has 0 spiro atoms. The molecule has 0 aromatic rings. The summed E-state index contributed by atoms with van der Waals surface area (Å²) in [5.41, 5.74) is -0.988. The van der Waals surface area contributed by atoms with Crippen LogP contribution < -0.4 is 0 Å². The predicted octanol–water partition coefficient (Wildman–Crippen LogP) is 0.562. The van der Waals surface area contributed by atoms with E-state index >= 15 is 0 Å². The highest BCUT2D eigenvalue weighted by molar-refractivity contribution is 6.10. The summed E-state index contributed by atoms with van der Waals surface area (Å²) in [7, 11) is 1.35. The standard InChI is InChI=1S/C14H19NO4/c1-19-13(18)14-9-4-2-6-15(14)7-3-5-10(14)12(17)8-11(9)16/h9-10H,2-8H2,1H3/t9-,10+,14?. The Labute approximate surface area is 112 Å². The molecule has 2 heterocycles. The largest absolute Gasteiger partial charge is 0.468 e. The number of Topliss-reactive ketones (excluding diaryl/α,β-unsaturated/α-hetero) is 2. The Hall–Kier alpha value is -1.23. The SMILES string of the molecule is COC(=O)C12[C@@H]3CCCN1CCC[C@H]2C(=O)CC3=O. The molecule has 0 N–H and O–H groups in total. The Kier molecular flexibility index (Phi) is 2.96. The molecule has 3 rings (SSSR count). The Morgan fingerprint density at radius 2 is 1.68 bits per heavy atom. The van der Waals surface area contributed by atoms with Crippen LogP contribution >= 0.6 is 0 Å². The van der Waals surface area contributed by atoms with Gasteiger partial charge in [-0.1, -0.05) is 0 Å². The second-order valence-corrected chi connectivity index (χ2v) is 5.80. The molecule has 0 bridgehead atoms. The molecule has 2 aliphatic heterocycles. The maximum absolute atomic E-state index is 12.5. The van der Waals surface area contributed by atoms with Gasteiger partial charge in [-0.3, -0.25) is 19.3 Å². The van der Waals surface area contributed by atoms with Crippen molar-refractivity contribution < 1.29 is 19.1 Å². The van der Waals surface area contributed by atoms with Crippen LogP contribution in [0.3, 0.4) is 0 Å². The van der Waals surface area contributed by atoms with Gasteiger partial charge in [0.25, 0.3) is 0 Å². The molecule has 0 amide bonds. The molecule has 3 aliphatic rings. The van der Waals surface area contributed by atoms with Crippen LogP contribution in [0, 0.1) is 11.8 Å². The van der Waals surface area contributed by atoms with E-state index in [0.717, 1.165) is 25.9 Å². The number of carbonyl (C=O) groups is 3. The Morgan fingerprint density at radius 1 is 1.16 bits per heavy atom. The van der Waals surface area contributed by atoms with Gasteiger partial charge in [-0.2, -0.15) is 0 Å². The van der Waals surface area contributed by atoms with E-state index in [-0.39, 0.29) is 35.8 Å². The van der Waals surface area contributed by atoms with Crippen LogP contribution in [0.2, 0.25) is 0 Å². The third kappa shape index (κ3) is 1.54. The number of methoxy groups -OCH3 is 1. The van der Waals surface area contributed by atoms with Crippen LogP contribution in [0.1, 0.15) is 32.1 Å². The van der Waals surface area contributed by atoms with Crippen LogP contribution in [-0.2, 0) is 19.1 Å². The smallest absolute Gasteiger partial charge is 0.327 e. The van der Waals surface area contributed by atoms with E-state index in [1.807, 2.05) is 0 Å². The molecule has 5 nitrogen and oxygen atoms in total. The average Bonchev–Trinajstić information content (AvgIpc) is 2.43. The maximum Gasteiger partial charge on any atom is 0.327 e. The summed E-state index contributed by atoms with van der Waals surface area (Å²) < 4.78 is 5.00. The zero-order valence-corrected chi connectivity index (χ0v) is 11.2. The van der Waals surface area contributed by atoms with Crippen LogP contribution in [0.15, 0.2) is 0 Å². The first kappa shape index (κ1) is 12.8. The highest BCUT2D eigenvalue weighted by Gasteiger charge is 2.65. The molecular formula is C14H19NO4. The number of rotatable bonds is 1. The summed E-state index contributed by atoms with van der Waals surface area (Å²) in [6, 6.07) is 0. The molecule has 5 heteroatoms. The fourth-order valence-corrected chi connectivity index (χ4v) is 4.39. The first-order valence-electron chi connectivity index (χ1n) is 7.01. The summed E-state index contributed by atoms with van der Waals surface area (Å²) in [5.74, 6) is -1.23. The van der Waals surface area contributed by atoms with E-state index < -0.39 is 5.54 Å². The summed E-state index contributed by atoms with van der Waals surface area (Å²) in [4.78, 5) is 39.0. The molecule has 2 saturated heterocycles. The zero-order chi connectivity index (χ0) is 13.6. The first-order chi connectivity index (χ1) is 9.12. The fraction of sp³-hybridized carbons (Fsp3) is 0.786. The van der Waals surface area contributed by atoms with Crippen molar-refractivity contribution in [2.45, 2.75) is 37.6 Å². The number of hydrogen-bond acceptors (Lipinski definition) is 5. The minimum Gasteiger partial charge on any atom is -0.468 e.